The molecule has 0 bridgehead atoms. The number of nitrogens with one attached hydrogen (secondary N) is 2. The zero-order valence-electron chi connectivity index (χ0n) is 14.0. The van der Waals surface area contributed by atoms with Crippen molar-refractivity contribution in [3.63, 3.8) is 0 Å². The summed E-state index contributed by atoms with van der Waals surface area (Å²) in [5, 5.41) is 6.48. The smallest absolute Gasteiger partial charge is 0.331 e. The molecular weight excluding hydrogens is 316 g/mol. The first-order valence-electron chi connectivity index (χ1n) is 8.73. The van der Waals surface area contributed by atoms with Crippen molar-refractivity contribution in [2.24, 2.45) is 11.3 Å². The average molecular weight is 345 g/mol. The lowest BCUT2D eigenvalue weighted by Gasteiger charge is -2.32. The Kier molecular flexibility index (Phi) is 5.95. The fraction of sp³-hybridized carbons (Fsp3) is 0.882. The molecule has 1 amide bonds. The zero-order chi connectivity index (χ0) is 15.6. The molecule has 1 aliphatic heterocycles. The van der Waals surface area contributed by atoms with E-state index >= 15 is 0 Å². The summed E-state index contributed by atoms with van der Waals surface area (Å²) in [6, 6.07) is 0. The van der Waals surface area contributed by atoms with Crippen molar-refractivity contribution < 1.29 is 14.3 Å². The normalized spacial score (nSPS) is 28.1. The van der Waals surface area contributed by atoms with Crippen LogP contribution in [0, 0.1) is 11.3 Å². The largest absolute Gasteiger partial charge is 0.467 e. The number of carbonyl (C=O) groups is 2. The van der Waals surface area contributed by atoms with Gasteiger partial charge in [-0.2, -0.15) is 0 Å². The lowest BCUT2D eigenvalue weighted by molar-refractivity contribution is -0.152. The summed E-state index contributed by atoms with van der Waals surface area (Å²) in [7, 11) is 1.42. The minimum absolute atomic E-state index is 0. The molecule has 0 aromatic rings. The first-order valence-corrected chi connectivity index (χ1v) is 8.73. The minimum Gasteiger partial charge on any atom is -0.467 e. The highest BCUT2D eigenvalue weighted by molar-refractivity contribution is 5.90. The van der Waals surface area contributed by atoms with E-state index in [1.54, 1.807) is 0 Å². The highest BCUT2D eigenvalue weighted by atomic mass is 35.5. The maximum absolute atomic E-state index is 12.7. The molecule has 1 heterocycles. The number of halogens is 1. The van der Waals surface area contributed by atoms with Crippen LogP contribution in [0.15, 0.2) is 0 Å². The summed E-state index contributed by atoms with van der Waals surface area (Å²) in [6.45, 7) is 2.01. The number of piperidine rings is 1. The standard InChI is InChI=1S/C17H28N2O3.ClH/c1-22-15(21)17(6-4-2-3-5-7-17)19-14(20)13-12-16(13)8-10-18-11-9-16;/h13,18H,2-12H2,1H3,(H,19,20);1H. The summed E-state index contributed by atoms with van der Waals surface area (Å²) >= 11 is 0. The molecule has 3 fully saturated rings. The van der Waals surface area contributed by atoms with Crippen LogP contribution in [0.5, 0.6) is 0 Å². The number of rotatable bonds is 3. The van der Waals surface area contributed by atoms with Gasteiger partial charge in [-0.15, -0.1) is 12.4 Å². The molecule has 1 saturated heterocycles. The predicted octanol–water partition coefficient (Wildman–Crippen LogP) is 2.18. The van der Waals surface area contributed by atoms with E-state index in [1.165, 1.54) is 7.11 Å². The van der Waals surface area contributed by atoms with Crippen molar-refractivity contribution in [2.45, 2.75) is 63.3 Å². The Morgan fingerprint density at radius 2 is 1.65 bits per heavy atom. The SMILES string of the molecule is COC(=O)C1(NC(=O)C2CC23CCNCC3)CCCCCC1.Cl. The van der Waals surface area contributed by atoms with Crippen molar-refractivity contribution in [3.05, 3.63) is 0 Å². The lowest BCUT2D eigenvalue weighted by Crippen LogP contribution is -2.55. The van der Waals surface area contributed by atoms with E-state index < -0.39 is 5.54 Å². The van der Waals surface area contributed by atoms with E-state index in [4.69, 9.17) is 4.74 Å². The van der Waals surface area contributed by atoms with Crippen LogP contribution in [0.4, 0.5) is 0 Å². The molecule has 0 radical (unpaired) electrons. The maximum atomic E-state index is 12.7. The van der Waals surface area contributed by atoms with E-state index in [2.05, 4.69) is 10.6 Å². The number of methoxy groups -OCH3 is 1. The van der Waals surface area contributed by atoms with E-state index in [0.29, 0.717) is 12.8 Å². The van der Waals surface area contributed by atoms with E-state index in [9.17, 15) is 9.59 Å². The monoisotopic (exact) mass is 344 g/mol. The number of amides is 1. The molecule has 1 unspecified atom stereocenters. The molecule has 5 nitrogen and oxygen atoms in total. The molecule has 3 rings (SSSR count). The fourth-order valence-corrected chi connectivity index (χ4v) is 4.43. The van der Waals surface area contributed by atoms with Gasteiger partial charge in [0.15, 0.2) is 0 Å². The first kappa shape index (κ1) is 18.5. The highest BCUT2D eigenvalue weighted by Gasteiger charge is 2.59. The first-order chi connectivity index (χ1) is 10.6. The third kappa shape index (κ3) is 3.66. The fourth-order valence-electron chi connectivity index (χ4n) is 4.43. The van der Waals surface area contributed by atoms with Gasteiger partial charge in [0.2, 0.25) is 5.91 Å². The van der Waals surface area contributed by atoms with E-state index in [-0.39, 0.29) is 35.6 Å². The topological polar surface area (TPSA) is 67.4 Å². The zero-order valence-corrected chi connectivity index (χ0v) is 14.8. The molecular formula is C17H29ClN2O3. The number of ether oxygens (including phenoxy) is 1. The van der Waals surface area contributed by atoms with Gasteiger partial charge in [-0.25, -0.2) is 4.79 Å². The summed E-state index contributed by atoms with van der Waals surface area (Å²) in [5.74, 6) is -0.0867. The Hall–Kier alpha value is -0.810. The quantitative estimate of drug-likeness (QED) is 0.608. The summed E-state index contributed by atoms with van der Waals surface area (Å²) in [6.07, 6.45) is 8.80. The minimum atomic E-state index is -0.779. The van der Waals surface area contributed by atoms with E-state index in [1.807, 2.05) is 0 Å². The molecule has 2 N–H and O–H groups in total. The molecule has 2 saturated carbocycles. The molecule has 132 valence electrons. The van der Waals surface area contributed by atoms with Crippen LogP contribution in [0.3, 0.4) is 0 Å². The third-order valence-electron chi connectivity index (χ3n) is 6.00. The number of carbonyl (C=O) groups excluding carboxylic acids is 2. The molecule has 0 aromatic heterocycles. The summed E-state index contributed by atoms with van der Waals surface area (Å²) in [5.41, 5.74) is -0.573. The number of hydrogen-bond donors (Lipinski definition) is 2. The predicted molar refractivity (Wildman–Crippen MR) is 90.5 cm³/mol. The van der Waals surface area contributed by atoms with Crippen LogP contribution in [0.1, 0.15) is 57.8 Å². The second kappa shape index (κ2) is 7.39. The van der Waals surface area contributed by atoms with Gasteiger partial charge in [-0.05, 0) is 50.6 Å². The highest BCUT2D eigenvalue weighted by Crippen LogP contribution is 2.58. The van der Waals surface area contributed by atoms with Crippen LogP contribution >= 0.6 is 12.4 Å². The Balaban J connectivity index is 0.00000192. The van der Waals surface area contributed by atoms with Crippen LogP contribution in [0.25, 0.3) is 0 Å². The summed E-state index contributed by atoms with van der Waals surface area (Å²) in [4.78, 5) is 25.1. The molecule has 3 aliphatic rings. The lowest BCUT2D eigenvalue weighted by atomic mass is 9.88. The maximum Gasteiger partial charge on any atom is 0.331 e. The van der Waals surface area contributed by atoms with Gasteiger partial charge in [-0.1, -0.05) is 25.7 Å². The molecule has 6 heteroatoms. The molecule has 0 aromatic carbocycles. The van der Waals surface area contributed by atoms with Crippen molar-refractivity contribution in [2.75, 3.05) is 20.2 Å². The van der Waals surface area contributed by atoms with Crippen LogP contribution in [0.2, 0.25) is 0 Å². The van der Waals surface area contributed by atoms with E-state index in [0.717, 1.165) is 58.0 Å². The molecule has 1 spiro atoms. The Morgan fingerprint density at radius 1 is 1.04 bits per heavy atom. The van der Waals surface area contributed by atoms with Crippen molar-refractivity contribution in [3.8, 4) is 0 Å². The van der Waals surface area contributed by atoms with Crippen molar-refractivity contribution in [1.29, 1.82) is 0 Å². The second-order valence-electron chi connectivity index (χ2n) is 7.35. The molecule has 1 atom stereocenters. The van der Waals surface area contributed by atoms with Gasteiger partial charge >= 0.3 is 5.97 Å². The number of hydrogen-bond acceptors (Lipinski definition) is 4. The second-order valence-corrected chi connectivity index (χ2v) is 7.35. The van der Waals surface area contributed by atoms with Crippen molar-refractivity contribution in [1.82, 2.24) is 10.6 Å². The average Bonchev–Trinajstić information content (AvgIpc) is 3.27. The van der Waals surface area contributed by atoms with Crippen LogP contribution in [-0.4, -0.2) is 37.6 Å². The van der Waals surface area contributed by atoms with Crippen LogP contribution in [-0.2, 0) is 14.3 Å². The Morgan fingerprint density at radius 3 is 2.22 bits per heavy atom. The van der Waals surface area contributed by atoms with Gasteiger partial charge in [0, 0.05) is 5.92 Å². The molecule has 2 aliphatic carbocycles. The van der Waals surface area contributed by atoms with Crippen LogP contribution < -0.4 is 10.6 Å². The number of esters is 1. The summed E-state index contributed by atoms with van der Waals surface area (Å²) < 4.78 is 5.02. The van der Waals surface area contributed by atoms with Crippen molar-refractivity contribution >= 4 is 24.3 Å². The Bertz CT molecular complexity index is 441. The van der Waals surface area contributed by atoms with Gasteiger partial charge in [-0.3, -0.25) is 4.79 Å². The molecule has 23 heavy (non-hydrogen) atoms. The van der Waals surface area contributed by atoms with Gasteiger partial charge in [0.05, 0.1) is 7.11 Å². The third-order valence-corrected chi connectivity index (χ3v) is 6.00. The van der Waals surface area contributed by atoms with Gasteiger partial charge in [0.25, 0.3) is 0 Å². The van der Waals surface area contributed by atoms with Gasteiger partial charge < -0.3 is 15.4 Å². The Labute approximate surface area is 144 Å². The van der Waals surface area contributed by atoms with Gasteiger partial charge in [0.1, 0.15) is 5.54 Å².